The van der Waals surface area contributed by atoms with Crippen molar-refractivity contribution < 1.29 is 19.3 Å². The van der Waals surface area contributed by atoms with Gasteiger partial charge in [-0.3, -0.25) is 0 Å². The minimum absolute atomic E-state index is 0.0859. The van der Waals surface area contributed by atoms with Gasteiger partial charge in [-0.15, -0.1) is 5.10 Å². The molecule has 3 aromatic heterocycles. The predicted octanol–water partition coefficient (Wildman–Crippen LogP) is 3.28. The lowest BCUT2D eigenvalue weighted by Gasteiger charge is -2.25. The fraction of sp³-hybridized carbons (Fsp3) is 0.542. The Balaban J connectivity index is 1.71. The molecule has 0 radical (unpaired) electrons. The van der Waals surface area contributed by atoms with E-state index in [1.165, 1.54) is 0 Å². The second-order valence-corrected chi connectivity index (χ2v) is 8.59. The average molecular weight is 456 g/mol. The molecule has 0 unspecified atom stereocenters. The zero-order valence-corrected chi connectivity index (χ0v) is 19.5. The molecule has 1 saturated carbocycles. The topological polar surface area (TPSA) is 103 Å². The monoisotopic (exact) mass is 455 g/mol. The van der Waals surface area contributed by atoms with Crippen LogP contribution in [-0.4, -0.2) is 70.9 Å². The van der Waals surface area contributed by atoms with Crippen molar-refractivity contribution in [2.24, 2.45) is 0 Å². The summed E-state index contributed by atoms with van der Waals surface area (Å²) >= 11 is 0. The second-order valence-electron chi connectivity index (χ2n) is 8.59. The summed E-state index contributed by atoms with van der Waals surface area (Å²) in [5, 5.41) is 18.1. The van der Waals surface area contributed by atoms with Crippen LogP contribution in [0.15, 0.2) is 30.6 Å². The summed E-state index contributed by atoms with van der Waals surface area (Å²) in [6, 6.07) is 6.19. The Morgan fingerprint density at radius 2 is 1.94 bits per heavy atom. The number of hydrogen-bond donors (Lipinski definition) is 2. The van der Waals surface area contributed by atoms with Crippen molar-refractivity contribution in [2.75, 3.05) is 39.4 Å². The quantitative estimate of drug-likeness (QED) is 0.449. The summed E-state index contributed by atoms with van der Waals surface area (Å²) in [4.78, 5) is 8.89. The Morgan fingerprint density at radius 1 is 1.12 bits per heavy atom. The number of methoxy groups -OCH3 is 2. The third-order valence-electron chi connectivity index (χ3n) is 6.04. The van der Waals surface area contributed by atoms with Crippen LogP contribution in [0.5, 0.6) is 5.88 Å². The maximum absolute atomic E-state index is 10.00. The molecule has 1 aliphatic rings. The van der Waals surface area contributed by atoms with Gasteiger partial charge < -0.3 is 24.6 Å². The highest BCUT2D eigenvalue weighted by Gasteiger charge is 2.25. The van der Waals surface area contributed by atoms with E-state index in [0.717, 1.165) is 48.0 Å². The summed E-state index contributed by atoms with van der Waals surface area (Å²) in [5.41, 5.74) is 4.09. The lowest BCUT2D eigenvalue weighted by atomic mass is 9.85. The van der Waals surface area contributed by atoms with Crippen LogP contribution in [0.1, 0.15) is 44.2 Å². The first-order valence-corrected chi connectivity index (χ1v) is 11.5. The molecular formula is C24H33N5O4. The van der Waals surface area contributed by atoms with Crippen LogP contribution < -0.4 is 10.1 Å². The van der Waals surface area contributed by atoms with Crippen LogP contribution in [0.25, 0.3) is 16.6 Å². The van der Waals surface area contributed by atoms with Crippen LogP contribution in [0.4, 0.5) is 5.95 Å². The SMILES string of the molecule is COCCOc1cc(-c2cc(C3CCC(O)CC3)n3nc(N[C@@H](C)COC)ncc23)ccn1. The van der Waals surface area contributed by atoms with Crippen LogP contribution in [0.3, 0.4) is 0 Å². The van der Waals surface area contributed by atoms with E-state index in [2.05, 4.69) is 21.4 Å². The van der Waals surface area contributed by atoms with Gasteiger partial charge in [0.05, 0.1) is 31.0 Å². The number of aliphatic hydroxyl groups is 1. The molecule has 0 spiro atoms. The van der Waals surface area contributed by atoms with Crippen molar-refractivity contribution in [1.29, 1.82) is 0 Å². The van der Waals surface area contributed by atoms with E-state index in [1.807, 2.05) is 29.8 Å². The third-order valence-corrected chi connectivity index (χ3v) is 6.04. The van der Waals surface area contributed by atoms with Crippen LogP contribution in [-0.2, 0) is 9.47 Å². The van der Waals surface area contributed by atoms with E-state index in [9.17, 15) is 5.11 Å². The van der Waals surface area contributed by atoms with Crippen molar-refractivity contribution in [3.05, 3.63) is 36.3 Å². The highest BCUT2D eigenvalue weighted by molar-refractivity contribution is 5.81. The Kier molecular flexibility index (Phi) is 7.74. The van der Waals surface area contributed by atoms with Gasteiger partial charge in [-0.1, -0.05) is 0 Å². The summed E-state index contributed by atoms with van der Waals surface area (Å²) < 4.78 is 18.0. The first kappa shape index (κ1) is 23.4. The molecule has 9 heteroatoms. The van der Waals surface area contributed by atoms with Crippen LogP contribution in [0.2, 0.25) is 0 Å². The number of aromatic nitrogens is 4. The van der Waals surface area contributed by atoms with Crippen molar-refractivity contribution in [3.63, 3.8) is 0 Å². The van der Waals surface area contributed by atoms with Gasteiger partial charge in [-0.2, -0.15) is 0 Å². The lowest BCUT2D eigenvalue weighted by molar-refractivity contribution is 0.121. The minimum Gasteiger partial charge on any atom is -0.475 e. The first-order chi connectivity index (χ1) is 16.1. The number of nitrogens with one attached hydrogen (secondary N) is 1. The number of fused-ring (bicyclic) bond motifs is 1. The van der Waals surface area contributed by atoms with E-state index in [4.69, 9.17) is 19.3 Å². The first-order valence-electron chi connectivity index (χ1n) is 11.5. The molecule has 1 atom stereocenters. The second kappa shape index (κ2) is 10.9. The fourth-order valence-electron chi connectivity index (χ4n) is 4.37. The largest absolute Gasteiger partial charge is 0.475 e. The van der Waals surface area contributed by atoms with Crippen molar-refractivity contribution in [3.8, 4) is 17.0 Å². The summed E-state index contributed by atoms with van der Waals surface area (Å²) in [5.74, 6) is 1.44. The van der Waals surface area contributed by atoms with Gasteiger partial charge in [0.1, 0.15) is 6.61 Å². The van der Waals surface area contributed by atoms with Gasteiger partial charge in [0.25, 0.3) is 0 Å². The van der Waals surface area contributed by atoms with E-state index < -0.39 is 0 Å². The van der Waals surface area contributed by atoms with Gasteiger partial charge >= 0.3 is 0 Å². The van der Waals surface area contributed by atoms with Crippen LogP contribution >= 0.6 is 0 Å². The molecule has 33 heavy (non-hydrogen) atoms. The molecule has 9 nitrogen and oxygen atoms in total. The van der Waals surface area contributed by atoms with Gasteiger partial charge in [0.2, 0.25) is 11.8 Å². The maximum atomic E-state index is 10.00. The van der Waals surface area contributed by atoms with E-state index >= 15 is 0 Å². The lowest BCUT2D eigenvalue weighted by Crippen LogP contribution is -2.23. The number of nitrogens with zero attached hydrogens (tertiary/aromatic N) is 4. The molecule has 1 aliphatic carbocycles. The maximum Gasteiger partial charge on any atom is 0.241 e. The minimum atomic E-state index is -0.208. The Hall–Kier alpha value is -2.75. The summed E-state index contributed by atoms with van der Waals surface area (Å²) in [7, 11) is 3.32. The van der Waals surface area contributed by atoms with E-state index in [1.54, 1.807) is 20.4 Å². The highest BCUT2D eigenvalue weighted by atomic mass is 16.5. The molecule has 178 valence electrons. The molecule has 3 aromatic rings. The summed E-state index contributed by atoms with van der Waals surface area (Å²) in [6.07, 6.45) is 6.88. The van der Waals surface area contributed by atoms with Gasteiger partial charge in [0, 0.05) is 49.7 Å². The number of rotatable bonds is 10. The number of hydrogen-bond acceptors (Lipinski definition) is 8. The fourth-order valence-corrected chi connectivity index (χ4v) is 4.37. The number of anilines is 1. The Morgan fingerprint density at radius 3 is 2.70 bits per heavy atom. The molecule has 0 aliphatic heterocycles. The number of ether oxygens (including phenoxy) is 3. The molecule has 1 fully saturated rings. The summed E-state index contributed by atoms with van der Waals surface area (Å²) in [6.45, 7) is 3.54. The van der Waals surface area contributed by atoms with Gasteiger partial charge in [-0.05, 0) is 50.3 Å². The molecule has 3 heterocycles. The van der Waals surface area contributed by atoms with Crippen molar-refractivity contribution in [1.82, 2.24) is 19.6 Å². The number of pyridine rings is 1. The van der Waals surface area contributed by atoms with Crippen LogP contribution in [0, 0.1) is 0 Å². The predicted molar refractivity (Wildman–Crippen MR) is 126 cm³/mol. The molecule has 0 saturated heterocycles. The molecule has 2 N–H and O–H groups in total. The van der Waals surface area contributed by atoms with Gasteiger partial charge in [-0.25, -0.2) is 14.5 Å². The molecule has 0 aromatic carbocycles. The van der Waals surface area contributed by atoms with Crippen molar-refractivity contribution in [2.45, 2.75) is 50.7 Å². The Bertz CT molecular complexity index is 1050. The average Bonchev–Trinajstić information content (AvgIpc) is 3.19. The standard InChI is InChI=1S/C24H33N5O4/c1-16(15-32-3)27-24-26-14-22-20(18-8-9-25-23(12-18)33-11-10-31-2)13-21(29(22)28-24)17-4-6-19(30)7-5-17/h8-9,12-14,16-17,19,30H,4-7,10-11,15H2,1-3H3,(H,27,28)/t16-,17?,19?/m0/s1. The highest BCUT2D eigenvalue weighted by Crippen LogP contribution is 2.38. The van der Waals surface area contributed by atoms with Crippen molar-refractivity contribution >= 4 is 11.5 Å². The molecular weight excluding hydrogens is 422 g/mol. The smallest absolute Gasteiger partial charge is 0.241 e. The zero-order chi connectivity index (χ0) is 23.2. The Labute approximate surface area is 194 Å². The van der Waals surface area contributed by atoms with E-state index in [0.29, 0.717) is 37.6 Å². The zero-order valence-electron chi connectivity index (χ0n) is 19.5. The molecule has 0 bridgehead atoms. The van der Waals surface area contributed by atoms with Gasteiger partial charge in [0.15, 0.2) is 0 Å². The number of aliphatic hydroxyl groups excluding tert-OH is 1. The molecule has 0 amide bonds. The third kappa shape index (κ3) is 5.61. The molecule has 4 rings (SSSR count). The normalized spacial score (nSPS) is 19.5. The van der Waals surface area contributed by atoms with E-state index in [-0.39, 0.29) is 12.1 Å².